The van der Waals surface area contributed by atoms with Crippen LogP contribution in [0.15, 0.2) is 192 Å². The molecule has 0 saturated heterocycles. The molecule has 12 rings (SSSR count). The highest BCUT2D eigenvalue weighted by Gasteiger charge is 2.21. The Morgan fingerprint density at radius 2 is 0.877 bits per heavy atom. The summed E-state index contributed by atoms with van der Waals surface area (Å²) in [5.41, 5.74) is 11.2. The number of fused-ring (bicyclic) bond motifs is 10. The van der Waals surface area contributed by atoms with Crippen LogP contribution in [-0.4, -0.2) is 24.1 Å². The largest absolute Gasteiger partial charge is 0.455 e. The Balaban J connectivity index is 1.06. The quantitative estimate of drug-likeness (QED) is 0.177. The fourth-order valence-electron chi connectivity index (χ4n) is 8.59. The summed E-state index contributed by atoms with van der Waals surface area (Å²) in [6.45, 7) is 0. The molecule has 0 N–H and O–H groups in total. The number of nitrogens with zero attached hydrogens (tertiary/aromatic N) is 5. The normalized spacial score (nSPS) is 11.9. The molecule has 0 aliphatic carbocycles. The number of benzene rings is 8. The predicted molar refractivity (Wildman–Crippen MR) is 232 cm³/mol. The van der Waals surface area contributed by atoms with Gasteiger partial charge in [0, 0.05) is 55.0 Å². The van der Waals surface area contributed by atoms with E-state index in [0.29, 0.717) is 17.5 Å². The maximum Gasteiger partial charge on any atom is 0.164 e. The molecular formula is C51H31N5O. The summed E-state index contributed by atoms with van der Waals surface area (Å²) in [6, 6.07) is 65.5. The molecule has 6 heteroatoms. The first-order chi connectivity index (χ1) is 28.3. The lowest BCUT2D eigenvalue weighted by Crippen LogP contribution is -2.00. The van der Waals surface area contributed by atoms with Gasteiger partial charge in [-0.25, -0.2) is 15.0 Å². The van der Waals surface area contributed by atoms with E-state index in [1.165, 1.54) is 16.3 Å². The third kappa shape index (κ3) is 4.87. The molecule has 0 spiro atoms. The van der Waals surface area contributed by atoms with Gasteiger partial charge in [-0.3, -0.25) is 0 Å². The number of hydrogen-bond acceptors (Lipinski definition) is 4. The molecular weight excluding hydrogens is 699 g/mol. The Hall–Kier alpha value is -7.83. The average molecular weight is 730 g/mol. The van der Waals surface area contributed by atoms with Crippen LogP contribution in [0.25, 0.3) is 111 Å². The van der Waals surface area contributed by atoms with Gasteiger partial charge >= 0.3 is 0 Å². The lowest BCUT2D eigenvalue weighted by atomic mass is 10.1. The molecule has 12 aromatic rings. The molecule has 266 valence electrons. The number of rotatable bonds is 5. The molecule has 4 heterocycles. The van der Waals surface area contributed by atoms with Gasteiger partial charge in [-0.2, -0.15) is 0 Å². The smallest absolute Gasteiger partial charge is 0.164 e. The third-order valence-electron chi connectivity index (χ3n) is 11.2. The number of furan rings is 1. The molecule has 0 aliphatic heterocycles. The summed E-state index contributed by atoms with van der Waals surface area (Å²) in [7, 11) is 0. The van der Waals surface area contributed by atoms with Crippen molar-refractivity contribution in [1.82, 2.24) is 24.1 Å². The zero-order chi connectivity index (χ0) is 37.5. The van der Waals surface area contributed by atoms with Gasteiger partial charge < -0.3 is 13.6 Å². The molecule has 0 aliphatic rings. The van der Waals surface area contributed by atoms with Crippen molar-refractivity contribution in [3.8, 4) is 45.5 Å². The summed E-state index contributed by atoms with van der Waals surface area (Å²) in [6.07, 6.45) is 0. The second-order valence-electron chi connectivity index (χ2n) is 14.4. The number of hydrogen-bond donors (Lipinski definition) is 0. The third-order valence-corrected chi connectivity index (χ3v) is 11.2. The molecule has 0 fully saturated rings. The van der Waals surface area contributed by atoms with Gasteiger partial charge in [0.2, 0.25) is 0 Å². The van der Waals surface area contributed by atoms with E-state index in [1.807, 2.05) is 72.8 Å². The lowest BCUT2D eigenvalue weighted by Gasteiger charge is -2.11. The van der Waals surface area contributed by atoms with Gasteiger partial charge in [0.05, 0.1) is 27.5 Å². The van der Waals surface area contributed by atoms with Crippen molar-refractivity contribution >= 4 is 65.6 Å². The van der Waals surface area contributed by atoms with Gasteiger partial charge in [-0.15, -0.1) is 0 Å². The van der Waals surface area contributed by atoms with Gasteiger partial charge in [0.15, 0.2) is 17.5 Å². The molecule has 0 bridgehead atoms. The minimum atomic E-state index is 0.611. The van der Waals surface area contributed by atoms with Crippen molar-refractivity contribution in [3.05, 3.63) is 188 Å². The summed E-state index contributed by atoms with van der Waals surface area (Å²) < 4.78 is 11.6. The van der Waals surface area contributed by atoms with Crippen LogP contribution in [-0.2, 0) is 0 Å². The first-order valence-corrected chi connectivity index (χ1v) is 19.1. The molecule has 6 nitrogen and oxygen atoms in total. The summed E-state index contributed by atoms with van der Waals surface area (Å²) in [4.78, 5) is 14.9. The summed E-state index contributed by atoms with van der Waals surface area (Å²) in [5.74, 6) is 1.88. The predicted octanol–water partition coefficient (Wildman–Crippen LogP) is 13.0. The van der Waals surface area contributed by atoms with E-state index in [9.17, 15) is 0 Å². The minimum absolute atomic E-state index is 0.611. The van der Waals surface area contributed by atoms with Gasteiger partial charge in [-0.1, -0.05) is 121 Å². The lowest BCUT2D eigenvalue weighted by molar-refractivity contribution is 0.673. The topological polar surface area (TPSA) is 61.7 Å². The van der Waals surface area contributed by atoms with Crippen LogP contribution >= 0.6 is 0 Å². The molecule has 0 unspecified atom stereocenters. The maximum atomic E-state index is 6.82. The van der Waals surface area contributed by atoms with Gasteiger partial charge in [0.1, 0.15) is 11.2 Å². The van der Waals surface area contributed by atoms with E-state index in [-0.39, 0.29) is 0 Å². The SMILES string of the molecule is c1ccc(-c2nc(-c3ccccc3)nc(-c3ccc4oc5c(ccc6c5c5ccccc5n6-c5ccc6c7ccccc7n(-c7ccccc7)c6c5)c4c3)n2)cc1. The van der Waals surface area contributed by atoms with Crippen LogP contribution in [0.4, 0.5) is 0 Å². The Bertz CT molecular complexity index is 3450. The highest BCUT2D eigenvalue weighted by Crippen LogP contribution is 2.42. The molecule has 0 radical (unpaired) electrons. The Kier molecular flexibility index (Phi) is 6.83. The maximum absolute atomic E-state index is 6.82. The summed E-state index contributed by atoms with van der Waals surface area (Å²) >= 11 is 0. The minimum Gasteiger partial charge on any atom is -0.455 e. The van der Waals surface area contributed by atoms with Crippen LogP contribution in [0.3, 0.4) is 0 Å². The Morgan fingerprint density at radius 3 is 1.58 bits per heavy atom. The molecule has 0 atom stereocenters. The van der Waals surface area contributed by atoms with E-state index in [1.54, 1.807) is 0 Å². The van der Waals surface area contributed by atoms with Crippen LogP contribution in [0.2, 0.25) is 0 Å². The van der Waals surface area contributed by atoms with E-state index >= 15 is 0 Å². The van der Waals surface area contributed by atoms with Crippen LogP contribution in [0, 0.1) is 0 Å². The van der Waals surface area contributed by atoms with Gasteiger partial charge in [0.25, 0.3) is 0 Å². The van der Waals surface area contributed by atoms with E-state index in [0.717, 1.165) is 77.3 Å². The summed E-state index contributed by atoms with van der Waals surface area (Å²) in [5, 5.41) is 6.74. The van der Waals surface area contributed by atoms with E-state index in [4.69, 9.17) is 19.4 Å². The molecule has 4 aromatic heterocycles. The standard InChI is InChI=1S/C51H31N5O/c1-4-14-32(15-5-1)49-52-50(33-16-6-2-7-17-33)54-51(53-49)34-24-29-46-41(30-34)39-27-28-44-47(48(39)57-46)40-21-11-13-23-43(40)56(44)36-25-26-38-37-20-10-12-22-42(37)55(45(38)31-36)35-18-8-3-9-19-35/h1-31H. The first-order valence-electron chi connectivity index (χ1n) is 19.1. The zero-order valence-corrected chi connectivity index (χ0v) is 30.5. The fourth-order valence-corrected chi connectivity index (χ4v) is 8.59. The van der Waals surface area contributed by atoms with E-state index in [2.05, 4.69) is 124 Å². The van der Waals surface area contributed by atoms with Crippen LogP contribution in [0.1, 0.15) is 0 Å². The van der Waals surface area contributed by atoms with Crippen molar-refractivity contribution in [2.45, 2.75) is 0 Å². The first kappa shape index (κ1) is 31.5. The molecule has 0 amide bonds. The second kappa shape index (κ2) is 12.3. The average Bonchev–Trinajstić information content (AvgIpc) is 3.94. The molecule has 0 saturated carbocycles. The molecule has 8 aromatic carbocycles. The van der Waals surface area contributed by atoms with Crippen LogP contribution in [0.5, 0.6) is 0 Å². The van der Waals surface area contributed by atoms with Crippen molar-refractivity contribution < 1.29 is 4.42 Å². The van der Waals surface area contributed by atoms with Crippen molar-refractivity contribution in [3.63, 3.8) is 0 Å². The number of para-hydroxylation sites is 3. The molecule has 57 heavy (non-hydrogen) atoms. The van der Waals surface area contributed by atoms with Gasteiger partial charge in [-0.05, 0) is 66.7 Å². The highest BCUT2D eigenvalue weighted by atomic mass is 16.3. The van der Waals surface area contributed by atoms with Crippen molar-refractivity contribution in [2.24, 2.45) is 0 Å². The zero-order valence-electron chi connectivity index (χ0n) is 30.5. The monoisotopic (exact) mass is 729 g/mol. The number of aromatic nitrogens is 5. The van der Waals surface area contributed by atoms with Crippen LogP contribution < -0.4 is 0 Å². The van der Waals surface area contributed by atoms with E-state index < -0.39 is 0 Å². The Morgan fingerprint density at radius 1 is 0.333 bits per heavy atom. The van der Waals surface area contributed by atoms with Crippen molar-refractivity contribution in [1.29, 1.82) is 0 Å². The fraction of sp³-hybridized carbons (Fsp3) is 0. The van der Waals surface area contributed by atoms with Crippen molar-refractivity contribution in [2.75, 3.05) is 0 Å². The second-order valence-corrected chi connectivity index (χ2v) is 14.4. The Labute approximate surface area is 326 Å². The highest BCUT2D eigenvalue weighted by molar-refractivity contribution is 6.24.